The van der Waals surface area contributed by atoms with Crippen LogP contribution in [0.1, 0.15) is 37.0 Å². The van der Waals surface area contributed by atoms with E-state index in [-0.39, 0.29) is 0 Å². The van der Waals surface area contributed by atoms with Gasteiger partial charge < -0.3 is 4.90 Å². The molecular formula is C14H18BrNO. The number of benzene rings is 1. The summed E-state index contributed by atoms with van der Waals surface area (Å²) in [4.78, 5) is 13.2. The van der Waals surface area contributed by atoms with Crippen molar-refractivity contribution in [2.24, 2.45) is 5.92 Å². The van der Waals surface area contributed by atoms with Gasteiger partial charge in [0.2, 0.25) is 0 Å². The van der Waals surface area contributed by atoms with Crippen molar-refractivity contribution in [1.82, 2.24) is 0 Å². The summed E-state index contributed by atoms with van der Waals surface area (Å²) in [5.41, 5.74) is 1.94. The molecule has 92 valence electrons. The second-order valence-electron chi connectivity index (χ2n) is 5.11. The van der Waals surface area contributed by atoms with Gasteiger partial charge in [-0.1, -0.05) is 13.8 Å². The van der Waals surface area contributed by atoms with Crippen LogP contribution in [0.25, 0.3) is 0 Å². The fourth-order valence-electron chi connectivity index (χ4n) is 2.05. The standard InChI is InChI=1S/C14H18BrNO/c1-10(2)8-16(12-4-5-12)14-6-3-11(9-17)7-13(14)15/h3,6-7,9-10,12H,4-5,8H2,1-2H3. The van der Waals surface area contributed by atoms with E-state index in [0.717, 1.165) is 22.9 Å². The van der Waals surface area contributed by atoms with Gasteiger partial charge in [0, 0.05) is 22.6 Å². The molecule has 0 saturated heterocycles. The maximum Gasteiger partial charge on any atom is 0.150 e. The molecule has 1 aromatic rings. The highest BCUT2D eigenvalue weighted by Gasteiger charge is 2.30. The van der Waals surface area contributed by atoms with Crippen molar-refractivity contribution in [2.75, 3.05) is 11.4 Å². The molecule has 0 bridgehead atoms. The first kappa shape index (κ1) is 12.6. The van der Waals surface area contributed by atoms with Crippen LogP contribution in [0.5, 0.6) is 0 Å². The number of carbonyl (C=O) groups excluding carboxylic acids is 1. The largest absolute Gasteiger partial charge is 0.367 e. The SMILES string of the molecule is CC(C)CN(c1ccc(C=O)cc1Br)C1CC1. The van der Waals surface area contributed by atoms with Gasteiger partial charge in [-0.2, -0.15) is 0 Å². The molecule has 17 heavy (non-hydrogen) atoms. The first-order valence-corrected chi connectivity index (χ1v) is 6.92. The number of nitrogens with zero attached hydrogens (tertiary/aromatic N) is 1. The van der Waals surface area contributed by atoms with E-state index >= 15 is 0 Å². The average Bonchev–Trinajstić information content (AvgIpc) is 3.09. The molecule has 0 amide bonds. The second kappa shape index (κ2) is 5.21. The van der Waals surface area contributed by atoms with Crippen LogP contribution in [-0.4, -0.2) is 18.9 Å². The molecule has 1 aliphatic rings. The molecule has 0 aromatic heterocycles. The van der Waals surface area contributed by atoms with E-state index in [2.05, 4.69) is 40.7 Å². The van der Waals surface area contributed by atoms with Crippen LogP contribution in [0.4, 0.5) is 5.69 Å². The molecular weight excluding hydrogens is 278 g/mol. The van der Waals surface area contributed by atoms with Gasteiger partial charge in [-0.15, -0.1) is 0 Å². The number of aldehydes is 1. The molecule has 1 aromatic carbocycles. The Kier molecular flexibility index (Phi) is 3.87. The number of anilines is 1. The minimum absolute atomic E-state index is 0.647. The van der Waals surface area contributed by atoms with Gasteiger partial charge in [-0.05, 0) is 52.9 Å². The second-order valence-corrected chi connectivity index (χ2v) is 5.96. The van der Waals surface area contributed by atoms with Crippen molar-refractivity contribution in [3.05, 3.63) is 28.2 Å². The number of hydrogen-bond acceptors (Lipinski definition) is 2. The molecule has 0 unspecified atom stereocenters. The molecule has 1 saturated carbocycles. The molecule has 1 aliphatic carbocycles. The molecule has 0 N–H and O–H groups in total. The lowest BCUT2D eigenvalue weighted by Crippen LogP contribution is -2.30. The van der Waals surface area contributed by atoms with Gasteiger partial charge in [0.15, 0.2) is 0 Å². The molecule has 3 heteroatoms. The lowest BCUT2D eigenvalue weighted by atomic mass is 10.1. The average molecular weight is 296 g/mol. The first-order chi connectivity index (χ1) is 8.11. The lowest BCUT2D eigenvalue weighted by molar-refractivity contribution is 0.112. The summed E-state index contributed by atoms with van der Waals surface area (Å²) in [5.74, 6) is 0.647. The smallest absolute Gasteiger partial charge is 0.150 e. The van der Waals surface area contributed by atoms with Crippen LogP contribution in [-0.2, 0) is 0 Å². The fourth-order valence-corrected chi connectivity index (χ4v) is 2.68. The Bertz CT molecular complexity index is 413. The normalized spacial score (nSPS) is 15.1. The summed E-state index contributed by atoms with van der Waals surface area (Å²) >= 11 is 3.57. The van der Waals surface area contributed by atoms with Gasteiger partial charge in [0.05, 0.1) is 5.69 Å². The van der Waals surface area contributed by atoms with Gasteiger partial charge >= 0.3 is 0 Å². The third-order valence-electron chi connectivity index (χ3n) is 2.97. The Morgan fingerprint density at radius 1 is 1.47 bits per heavy atom. The minimum atomic E-state index is 0.647. The van der Waals surface area contributed by atoms with E-state index < -0.39 is 0 Å². The van der Waals surface area contributed by atoms with E-state index in [1.54, 1.807) is 0 Å². The van der Waals surface area contributed by atoms with Crippen molar-refractivity contribution in [2.45, 2.75) is 32.7 Å². The molecule has 1 fully saturated rings. The molecule has 2 rings (SSSR count). The number of rotatable bonds is 5. The van der Waals surface area contributed by atoms with Crippen molar-refractivity contribution in [1.29, 1.82) is 0 Å². The Morgan fingerprint density at radius 3 is 2.65 bits per heavy atom. The fraction of sp³-hybridized carbons (Fsp3) is 0.500. The molecule has 0 spiro atoms. The van der Waals surface area contributed by atoms with Crippen molar-refractivity contribution < 1.29 is 4.79 Å². The van der Waals surface area contributed by atoms with Gasteiger partial charge in [-0.3, -0.25) is 4.79 Å². The summed E-state index contributed by atoms with van der Waals surface area (Å²) < 4.78 is 1.02. The van der Waals surface area contributed by atoms with E-state index in [9.17, 15) is 4.79 Å². The minimum Gasteiger partial charge on any atom is -0.367 e. The summed E-state index contributed by atoms with van der Waals surface area (Å²) in [6.45, 7) is 5.55. The van der Waals surface area contributed by atoms with Crippen LogP contribution < -0.4 is 4.90 Å². The van der Waals surface area contributed by atoms with E-state index in [0.29, 0.717) is 12.0 Å². The highest BCUT2D eigenvalue weighted by Crippen LogP contribution is 2.36. The Morgan fingerprint density at radius 2 is 2.18 bits per heavy atom. The zero-order valence-electron chi connectivity index (χ0n) is 10.3. The highest BCUT2D eigenvalue weighted by atomic mass is 79.9. The van der Waals surface area contributed by atoms with Crippen molar-refractivity contribution >= 4 is 27.9 Å². The summed E-state index contributed by atoms with van der Waals surface area (Å²) in [6, 6.07) is 6.53. The molecule has 0 radical (unpaired) electrons. The van der Waals surface area contributed by atoms with E-state index in [1.807, 2.05) is 12.1 Å². The zero-order chi connectivity index (χ0) is 12.4. The Hall–Kier alpha value is -0.830. The van der Waals surface area contributed by atoms with Crippen molar-refractivity contribution in [3.8, 4) is 0 Å². The quantitative estimate of drug-likeness (QED) is 0.768. The van der Waals surface area contributed by atoms with E-state index in [4.69, 9.17) is 0 Å². The molecule has 0 atom stereocenters. The van der Waals surface area contributed by atoms with Crippen LogP contribution in [0.2, 0.25) is 0 Å². The summed E-state index contributed by atoms with van der Waals surface area (Å²) in [5, 5.41) is 0. The first-order valence-electron chi connectivity index (χ1n) is 6.13. The molecule has 0 aliphatic heterocycles. The van der Waals surface area contributed by atoms with Crippen LogP contribution in [0.15, 0.2) is 22.7 Å². The third-order valence-corrected chi connectivity index (χ3v) is 3.60. The van der Waals surface area contributed by atoms with Gasteiger partial charge in [0.25, 0.3) is 0 Å². The van der Waals surface area contributed by atoms with Gasteiger partial charge in [-0.25, -0.2) is 0 Å². The predicted octanol–water partition coefficient (Wildman–Crippen LogP) is 3.89. The Balaban J connectivity index is 2.25. The van der Waals surface area contributed by atoms with E-state index in [1.165, 1.54) is 18.5 Å². The lowest BCUT2D eigenvalue weighted by Gasteiger charge is -2.27. The Labute approximate surface area is 111 Å². The molecule has 2 nitrogen and oxygen atoms in total. The molecule has 0 heterocycles. The maximum atomic E-state index is 10.7. The van der Waals surface area contributed by atoms with Crippen LogP contribution in [0, 0.1) is 5.92 Å². The van der Waals surface area contributed by atoms with Crippen molar-refractivity contribution in [3.63, 3.8) is 0 Å². The highest BCUT2D eigenvalue weighted by molar-refractivity contribution is 9.10. The summed E-state index contributed by atoms with van der Waals surface area (Å²) in [6.07, 6.45) is 3.46. The number of hydrogen-bond donors (Lipinski definition) is 0. The monoisotopic (exact) mass is 295 g/mol. The number of halogens is 1. The zero-order valence-corrected chi connectivity index (χ0v) is 11.9. The summed E-state index contributed by atoms with van der Waals surface area (Å²) in [7, 11) is 0. The van der Waals surface area contributed by atoms with Crippen LogP contribution in [0.3, 0.4) is 0 Å². The maximum absolute atomic E-state index is 10.7. The van der Waals surface area contributed by atoms with Crippen LogP contribution >= 0.6 is 15.9 Å². The number of carbonyl (C=O) groups is 1. The predicted molar refractivity (Wildman–Crippen MR) is 74.7 cm³/mol. The topological polar surface area (TPSA) is 20.3 Å². The third kappa shape index (κ3) is 3.09. The van der Waals surface area contributed by atoms with Gasteiger partial charge in [0.1, 0.15) is 6.29 Å².